The molecule has 0 amide bonds. The lowest BCUT2D eigenvalue weighted by molar-refractivity contribution is 0.104. The fourth-order valence-electron chi connectivity index (χ4n) is 1.29. The summed E-state index contributed by atoms with van der Waals surface area (Å²) in [6.45, 7) is 1.91. The maximum absolute atomic E-state index is 11.9. The summed E-state index contributed by atoms with van der Waals surface area (Å²) in [4.78, 5) is 12.7. The van der Waals surface area contributed by atoms with Gasteiger partial charge in [0.1, 0.15) is 0 Å². The molecule has 14 heavy (non-hydrogen) atoms. The van der Waals surface area contributed by atoms with Crippen LogP contribution in [-0.4, -0.2) is 5.78 Å². The molecule has 2 heterocycles. The van der Waals surface area contributed by atoms with Crippen LogP contribution in [0.2, 0.25) is 0 Å². The lowest BCUT2D eigenvalue weighted by Crippen LogP contribution is -2.02. The Hall–Kier alpha value is -1.13. The van der Waals surface area contributed by atoms with E-state index in [1.54, 1.807) is 0 Å². The third-order valence-electron chi connectivity index (χ3n) is 1.98. The number of ketones is 1. The molecule has 2 rings (SSSR count). The predicted octanol–water partition coefficient (Wildman–Crippen LogP) is 2.93. The third-order valence-corrected chi connectivity index (χ3v) is 3.77. The highest BCUT2D eigenvalue weighted by Gasteiger charge is 2.16. The zero-order chi connectivity index (χ0) is 10.1. The van der Waals surface area contributed by atoms with Crippen LogP contribution in [0.15, 0.2) is 22.9 Å². The normalized spacial score (nSPS) is 10.4. The number of anilines is 1. The van der Waals surface area contributed by atoms with Gasteiger partial charge in [0, 0.05) is 0 Å². The molecule has 2 N–H and O–H groups in total. The van der Waals surface area contributed by atoms with Gasteiger partial charge in [-0.05, 0) is 29.3 Å². The minimum absolute atomic E-state index is 0.0382. The number of rotatable bonds is 2. The molecule has 0 unspecified atom stereocenters. The number of thiophene rings is 2. The molecule has 0 aromatic carbocycles. The van der Waals surface area contributed by atoms with E-state index in [-0.39, 0.29) is 5.78 Å². The van der Waals surface area contributed by atoms with Crippen LogP contribution in [0.3, 0.4) is 0 Å². The summed E-state index contributed by atoms with van der Waals surface area (Å²) in [6, 6.07) is 3.69. The number of carbonyl (C=O) groups excluding carboxylic acids is 1. The van der Waals surface area contributed by atoms with Gasteiger partial charge in [0.25, 0.3) is 0 Å². The van der Waals surface area contributed by atoms with E-state index in [0.29, 0.717) is 10.6 Å². The van der Waals surface area contributed by atoms with Crippen molar-refractivity contribution in [3.8, 4) is 0 Å². The zero-order valence-corrected chi connectivity index (χ0v) is 9.24. The van der Waals surface area contributed by atoms with Crippen molar-refractivity contribution < 1.29 is 4.79 Å². The second-order valence-electron chi connectivity index (χ2n) is 2.96. The first kappa shape index (κ1) is 9.43. The summed E-state index contributed by atoms with van der Waals surface area (Å²) in [5.74, 6) is 0.0382. The SMILES string of the molecule is Cc1csc(N)c1C(=O)c1cccs1. The molecule has 0 saturated heterocycles. The van der Waals surface area contributed by atoms with Gasteiger partial charge in [-0.2, -0.15) is 0 Å². The van der Waals surface area contributed by atoms with Gasteiger partial charge in [-0.25, -0.2) is 0 Å². The van der Waals surface area contributed by atoms with Crippen molar-refractivity contribution in [3.63, 3.8) is 0 Å². The van der Waals surface area contributed by atoms with Crippen molar-refractivity contribution in [1.82, 2.24) is 0 Å². The van der Waals surface area contributed by atoms with Gasteiger partial charge >= 0.3 is 0 Å². The molecule has 2 aromatic rings. The minimum Gasteiger partial charge on any atom is -0.390 e. The monoisotopic (exact) mass is 223 g/mol. The summed E-state index contributed by atoms with van der Waals surface area (Å²) >= 11 is 2.86. The fraction of sp³-hybridized carbons (Fsp3) is 0.100. The van der Waals surface area contributed by atoms with Gasteiger partial charge in [0.15, 0.2) is 0 Å². The molecule has 0 aliphatic carbocycles. The van der Waals surface area contributed by atoms with Crippen LogP contribution in [0.25, 0.3) is 0 Å². The number of nitrogen functional groups attached to an aromatic ring is 1. The second-order valence-corrected chi connectivity index (χ2v) is 4.82. The first-order valence-electron chi connectivity index (χ1n) is 4.12. The zero-order valence-electron chi connectivity index (χ0n) is 7.61. The topological polar surface area (TPSA) is 43.1 Å². The summed E-state index contributed by atoms with van der Waals surface area (Å²) in [5.41, 5.74) is 7.38. The third kappa shape index (κ3) is 1.47. The fourth-order valence-corrected chi connectivity index (χ4v) is 2.75. The van der Waals surface area contributed by atoms with E-state index in [1.165, 1.54) is 22.7 Å². The van der Waals surface area contributed by atoms with Crippen molar-refractivity contribution in [1.29, 1.82) is 0 Å². The van der Waals surface area contributed by atoms with Gasteiger partial charge in [0.05, 0.1) is 15.4 Å². The highest BCUT2D eigenvalue weighted by molar-refractivity contribution is 7.15. The number of aryl methyl sites for hydroxylation is 1. The van der Waals surface area contributed by atoms with Crippen LogP contribution in [-0.2, 0) is 0 Å². The van der Waals surface area contributed by atoms with Gasteiger partial charge in [-0.15, -0.1) is 22.7 Å². The van der Waals surface area contributed by atoms with E-state index >= 15 is 0 Å². The molecule has 0 bridgehead atoms. The molecule has 0 atom stereocenters. The Balaban J connectivity index is 2.46. The van der Waals surface area contributed by atoms with Crippen molar-refractivity contribution in [2.75, 3.05) is 5.73 Å². The maximum Gasteiger partial charge on any atom is 0.206 e. The molecule has 2 aromatic heterocycles. The minimum atomic E-state index is 0.0382. The van der Waals surface area contributed by atoms with Crippen LogP contribution in [0.4, 0.5) is 5.00 Å². The molecule has 0 aliphatic rings. The molecule has 0 fully saturated rings. The molecular weight excluding hydrogens is 214 g/mol. The Kier molecular flexibility index (Phi) is 2.39. The molecule has 2 nitrogen and oxygen atoms in total. The first-order chi connectivity index (χ1) is 6.70. The molecule has 72 valence electrons. The van der Waals surface area contributed by atoms with Gasteiger partial charge in [-0.3, -0.25) is 4.79 Å². The summed E-state index contributed by atoms with van der Waals surface area (Å²) < 4.78 is 0. The predicted molar refractivity (Wildman–Crippen MR) is 61.2 cm³/mol. The smallest absolute Gasteiger partial charge is 0.206 e. The lowest BCUT2D eigenvalue weighted by Gasteiger charge is -1.98. The molecule has 0 aliphatic heterocycles. The quantitative estimate of drug-likeness (QED) is 0.795. The Morgan fingerprint density at radius 1 is 1.43 bits per heavy atom. The van der Waals surface area contributed by atoms with Gasteiger partial charge < -0.3 is 5.73 Å². The Bertz CT molecular complexity index is 437. The molecular formula is C10H9NOS2. The number of nitrogens with two attached hydrogens (primary N) is 1. The molecule has 0 radical (unpaired) electrons. The Morgan fingerprint density at radius 3 is 2.71 bits per heavy atom. The van der Waals surface area contributed by atoms with Crippen molar-refractivity contribution >= 4 is 33.5 Å². The van der Waals surface area contributed by atoms with E-state index < -0.39 is 0 Å². The van der Waals surface area contributed by atoms with E-state index in [4.69, 9.17) is 5.73 Å². The van der Waals surface area contributed by atoms with E-state index in [2.05, 4.69) is 0 Å². The summed E-state index contributed by atoms with van der Waals surface area (Å²) in [7, 11) is 0. The number of carbonyl (C=O) groups is 1. The summed E-state index contributed by atoms with van der Waals surface area (Å²) in [6.07, 6.45) is 0. The number of hydrogen-bond donors (Lipinski definition) is 1. The largest absolute Gasteiger partial charge is 0.390 e. The van der Waals surface area contributed by atoms with E-state index in [1.807, 2.05) is 29.8 Å². The standard InChI is InChI=1S/C10H9NOS2/c1-6-5-14-10(11)8(6)9(12)7-3-2-4-13-7/h2-5H,11H2,1H3. The lowest BCUT2D eigenvalue weighted by atomic mass is 10.1. The molecule has 0 spiro atoms. The molecule has 4 heteroatoms. The Labute approximate surface area is 90.0 Å². The highest BCUT2D eigenvalue weighted by Crippen LogP contribution is 2.28. The summed E-state index contributed by atoms with van der Waals surface area (Å²) in [5, 5.41) is 4.42. The maximum atomic E-state index is 11.9. The van der Waals surface area contributed by atoms with E-state index in [0.717, 1.165) is 10.4 Å². The van der Waals surface area contributed by atoms with Crippen LogP contribution < -0.4 is 5.73 Å². The Morgan fingerprint density at radius 2 is 2.21 bits per heavy atom. The van der Waals surface area contributed by atoms with Crippen LogP contribution in [0, 0.1) is 6.92 Å². The van der Waals surface area contributed by atoms with Crippen LogP contribution in [0.1, 0.15) is 20.8 Å². The second kappa shape index (κ2) is 3.55. The highest BCUT2D eigenvalue weighted by atomic mass is 32.1. The average Bonchev–Trinajstić information content (AvgIpc) is 2.75. The molecule has 0 saturated carbocycles. The van der Waals surface area contributed by atoms with Crippen molar-refractivity contribution in [2.45, 2.75) is 6.92 Å². The van der Waals surface area contributed by atoms with E-state index in [9.17, 15) is 4.79 Å². The van der Waals surface area contributed by atoms with Crippen molar-refractivity contribution in [3.05, 3.63) is 38.9 Å². The van der Waals surface area contributed by atoms with Crippen LogP contribution >= 0.6 is 22.7 Å². The number of hydrogen-bond acceptors (Lipinski definition) is 4. The van der Waals surface area contributed by atoms with Gasteiger partial charge in [-0.1, -0.05) is 6.07 Å². The van der Waals surface area contributed by atoms with Gasteiger partial charge in [0.2, 0.25) is 5.78 Å². The van der Waals surface area contributed by atoms with Crippen LogP contribution in [0.5, 0.6) is 0 Å². The first-order valence-corrected chi connectivity index (χ1v) is 5.88. The average molecular weight is 223 g/mol. The van der Waals surface area contributed by atoms with Crippen molar-refractivity contribution in [2.24, 2.45) is 0 Å².